The first-order valence-corrected chi connectivity index (χ1v) is 6.54. The predicted octanol–water partition coefficient (Wildman–Crippen LogP) is 2.35. The van der Waals surface area contributed by atoms with Crippen LogP contribution in [0.1, 0.15) is 31.7 Å². The van der Waals surface area contributed by atoms with Gasteiger partial charge in [0.2, 0.25) is 0 Å². The Labute approximate surface area is 103 Å². The molecule has 0 aliphatic heterocycles. The van der Waals surface area contributed by atoms with E-state index < -0.39 is 0 Å². The summed E-state index contributed by atoms with van der Waals surface area (Å²) in [6.45, 7) is 3.86. The van der Waals surface area contributed by atoms with Crippen LogP contribution in [0.25, 0.3) is 0 Å². The van der Waals surface area contributed by atoms with Crippen molar-refractivity contribution in [2.45, 2.75) is 38.6 Å². The highest BCUT2D eigenvalue weighted by Gasteiger charge is 2.19. The summed E-state index contributed by atoms with van der Waals surface area (Å²) in [5.74, 6) is 0.811. The van der Waals surface area contributed by atoms with Crippen molar-refractivity contribution < 1.29 is 4.74 Å². The van der Waals surface area contributed by atoms with E-state index in [0.29, 0.717) is 0 Å². The van der Waals surface area contributed by atoms with Gasteiger partial charge in [-0.25, -0.2) is 0 Å². The summed E-state index contributed by atoms with van der Waals surface area (Å²) in [5, 5.41) is 3.50. The number of hydrogen-bond donors (Lipinski definition) is 2. The molecule has 0 heterocycles. The number of nitrogens with two attached hydrogens (primary N) is 1. The minimum Gasteiger partial charge on any atom is -0.491 e. The van der Waals surface area contributed by atoms with Crippen LogP contribution in [-0.2, 0) is 6.42 Å². The fraction of sp³-hybridized carbons (Fsp3) is 0.571. The smallest absolute Gasteiger partial charge is 0.142 e. The molecule has 0 radical (unpaired) electrons. The summed E-state index contributed by atoms with van der Waals surface area (Å²) in [6, 6.07) is 6.90. The van der Waals surface area contributed by atoms with Gasteiger partial charge in [0.05, 0.1) is 12.3 Å². The van der Waals surface area contributed by atoms with Gasteiger partial charge in [0, 0.05) is 6.04 Å². The molecule has 0 spiro atoms. The van der Waals surface area contributed by atoms with Gasteiger partial charge < -0.3 is 15.8 Å². The van der Waals surface area contributed by atoms with E-state index in [-0.39, 0.29) is 0 Å². The lowest BCUT2D eigenvalue weighted by Crippen LogP contribution is -2.19. The Balaban J connectivity index is 1.83. The van der Waals surface area contributed by atoms with E-state index in [0.717, 1.165) is 43.5 Å². The number of ether oxygens (including phenoxy) is 1. The number of nitrogens with one attached hydrogen (secondary N) is 1. The van der Waals surface area contributed by atoms with E-state index in [1.807, 2.05) is 12.1 Å². The first kappa shape index (κ1) is 12.2. The number of rotatable bonds is 7. The SMILES string of the molecule is CCCOc1ccc(CCNC2CC2)cc1N. The summed E-state index contributed by atoms with van der Waals surface area (Å²) in [7, 11) is 0. The molecule has 0 bridgehead atoms. The van der Waals surface area contributed by atoms with Crippen molar-refractivity contribution >= 4 is 5.69 Å². The van der Waals surface area contributed by atoms with Crippen LogP contribution >= 0.6 is 0 Å². The molecule has 0 unspecified atom stereocenters. The van der Waals surface area contributed by atoms with Crippen LogP contribution in [0.5, 0.6) is 5.75 Å². The summed E-state index contributed by atoms with van der Waals surface area (Å²) in [5.41, 5.74) is 7.99. The molecule has 0 aromatic heterocycles. The van der Waals surface area contributed by atoms with Crippen molar-refractivity contribution in [3.05, 3.63) is 23.8 Å². The quantitative estimate of drug-likeness (QED) is 0.712. The molecule has 3 heteroatoms. The monoisotopic (exact) mass is 234 g/mol. The van der Waals surface area contributed by atoms with Gasteiger partial charge in [-0.1, -0.05) is 13.0 Å². The second-order valence-corrected chi connectivity index (χ2v) is 4.70. The molecular formula is C14H22N2O. The molecule has 1 fully saturated rings. The first-order valence-electron chi connectivity index (χ1n) is 6.54. The maximum Gasteiger partial charge on any atom is 0.142 e. The van der Waals surface area contributed by atoms with Crippen molar-refractivity contribution in [1.29, 1.82) is 0 Å². The average Bonchev–Trinajstić information content (AvgIpc) is 3.12. The van der Waals surface area contributed by atoms with E-state index in [9.17, 15) is 0 Å². The molecule has 1 saturated carbocycles. The Kier molecular flexibility index (Phi) is 4.26. The van der Waals surface area contributed by atoms with Gasteiger partial charge in [0.15, 0.2) is 0 Å². The Hall–Kier alpha value is -1.22. The van der Waals surface area contributed by atoms with Gasteiger partial charge in [-0.15, -0.1) is 0 Å². The molecule has 0 saturated heterocycles. The highest BCUT2D eigenvalue weighted by atomic mass is 16.5. The zero-order valence-corrected chi connectivity index (χ0v) is 10.5. The molecule has 17 heavy (non-hydrogen) atoms. The number of anilines is 1. The van der Waals surface area contributed by atoms with Gasteiger partial charge in [-0.05, 0) is 49.9 Å². The predicted molar refractivity (Wildman–Crippen MR) is 71.4 cm³/mol. The Morgan fingerprint density at radius 2 is 2.24 bits per heavy atom. The minimum atomic E-state index is 0.729. The lowest BCUT2D eigenvalue weighted by atomic mass is 10.1. The van der Waals surface area contributed by atoms with Gasteiger partial charge in [0.25, 0.3) is 0 Å². The lowest BCUT2D eigenvalue weighted by molar-refractivity contribution is 0.319. The highest BCUT2D eigenvalue weighted by molar-refractivity contribution is 5.54. The van der Waals surface area contributed by atoms with E-state index in [1.54, 1.807) is 0 Å². The normalized spacial score (nSPS) is 14.9. The molecule has 1 aliphatic carbocycles. The Morgan fingerprint density at radius 3 is 2.88 bits per heavy atom. The maximum atomic E-state index is 5.96. The fourth-order valence-electron chi connectivity index (χ4n) is 1.80. The van der Waals surface area contributed by atoms with E-state index in [1.165, 1.54) is 18.4 Å². The molecular weight excluding hydrogens is 212 g/mol. The maximum absolute atomic E-state index is 5.96. The number of hydrogen-bond acceptors (Lipinski definition) is 3. The second-order valence-electron chi connectivity index (χ2n) is 4.70. The van der Waals surface area contributed by atoms with Crippen molar-refractivity contribution in [2.75, 3.05) is 18.9 Å². The minimum absolute atomic E-state index is 0.729. The van der Waals surface area contributed by atoms with E-state index in [2.05, 4.69) is 18.3 Å². The third kappa shape index (κ3) is 3.93. The summed E-state index contributed by atoms with van der Waals surface area (Å²) in [6.07, 6.45) is 4.72. The van der Waals surface area contributed by atoms with Crippen LogP contribution in [0.2, 0.25) is 0 Å². The molecule has 3 nitrogen and oxygen atoms in total. The average molecular weight is 234 g/mol. The van der Waals surface area contributed by atoms with Crippen molar-refractivity contribution in [1.82, 2.24) is 5.32 Å². The van der Waals surface area contributed by atoms with Crippen molar-refractivity contribution in [2.24, 2.45) is 0 Å². The van der Waals surface area contributed by atoms with Crippen LogP contribution in [-0.4, -0.2) is 19.2 Å². The molecule has 1 aromatic rings. The standard InChI is InChI=1S/C14H22N2O/c1-2-9-17-14-6-3-11(10-13(14)15)7-8-16-12-4-5-12/h3,6,10,12,16H,2,4-5,7-9,15H2,1H3. The van der Waals surface area contributed by atoms with Crippen LogP contribution in [0.4, 0.5) is 5.69 Å². The summed E-state index contributed by atoms with van der Waals surface area (Å²) in [4.78, 5) is 0. The van der Waals surface area contributed by atoms with Crippen LogP contribution in [0.15, 0.2) is 18.2 Å². The van der Waals surface area contributed by atoms with Crippen molar-refractivity contribution in [3.8, 4) is 5.75 Å². The van der Waals surface area contributed by atoms with Gasteiger partial charge in [0.1, 0.15) is 5.75 Å². The largest absolute Gasteiger partial charge is 0.491 e. The molecule has 0 atom stereocenters. The molecule has 2 rings (SSSR count). The zero-order valence-electron chi connectivity index (χ0n) is 10.5. The molecule has 0 amide bonds. The number of benzene rings is 1. The van der Waals surface area contributed by atoms with Gasteiger partial charge >= 0.3 is 0 Å². The third-order valence-electron chi connectivity index (χ3n) is 2.96. The first-order chi connectivity index (χ1) is 8.29. The lowest BCUT2D eigenvalue weighted by Gasteiger charge is -2.10. The van der Waals surface area contributed by atoms with Crippen molar-refractivity contribution in [3.63, 3.8) is 0 Å². The van der Waals surface area contributed by atoms with E-state index >= 15 is 0 Å². The Bertz CT molecular complexity index is 361. The Morgan fingerprint density at radius 1 is 1.41 bits per heavy atom. The van der Waals surface area contributed by atoms with Gasteiger partial charge in [-0.3, -0.25) is 0 Å². The van der Waals surface area contributed by atoms with Crippen LogP contribution in [0.3, 0.4) is 0 Å². The van der Waals surface area contributed by atoms with Crippen LogP contribution < -0.4 is 15.8 Å². The van der Waals surface area contributed by atoms with Gasteiger partial charge in [-0.2, -0.15) is 0 Å². The summed E-state index contributed by atoms with van der Waals surface area (Å²) >= 11 is 0. The van der Waals surface area contributed by atoms with E-state index in [4.69, 9.17) is 10.5 Å². The molecule has 1 aliphatic rings. The topological polar surface area (TPSA) is 47.3 Å². The number of nitrogen functional groups attached to an aromatic ring is 1. The molecule has 1 aromatic carbocycles. The third-order valence-corrected chi connectivity index (χ3v) is 2.96. The summed E-state index contributed by atoms with van der Waals surface area (Å²) < 4.78 is 5.55. The highest BCUT2D eigenvalue weighted by Crippen LogP contribution is 2.23. The molecule has 3 N–H and O–H groups in total. The second kappa shape index (κ2) is 5.92. The molecule has 94 valence electrons. The fourth-order valence-corrected chi connectivity index (χ4v) is 1.80. The zero-order chi connectivity index (χ0) is 12.1. The van der Waals surface area contributed by atoms with Crippen LogP contribution in [0, 0.1) is 0 Å².